The summed E-state index contributed by atoms with van der Waals surface area (Å²) < 4.78 is 12.6. The summed E-state index contributed by atoms with van der Waals surface area (Å²) in [4.78, 5) is 12.8. The molecule has 0 saturated heterocycles. The van der Waals surface area contributed by atoms with Crippen molar-refractivity contribution in [2.24, 2.45) is 0 Å². The van der Waals surface area contributed by atoms with Gasteiger partial charge in [-0.2, -0.15) is 0 Å². The zero-order valence-electron chi connectivity index (χ0n) is 20.3. The smallest absolute Gasteiger partial charge is 0.185 e. The molecular formula is C27H37NO3. The fourth-order valence-electron chi connectivity index (χ4n) is 3.15. The van der Waals surface area contributed by atoms with Gasteiger partial charge in [0.1, 0.15) is 22.7 Å². The number of benzene rings is 2. The molecule has 0 unspecified atom stereocenters. The number of hydrogen-bond donors (Lipinski definition) is 1. The summed E-state index contributed by atoms with van der Waals surface area (Å²) in [5.74, 6) is 1.43. The van der Waals surface area contributed by atoms with Gasteiger partial charge in [0.2, 0.25) is 0 Å². The lowest BCUT2D eigenvalue weighted by molar-refractivity contribution is 0.104. The fraction of sp³-hybridized carbons (Fsp3) is 0.444. The van der Waals surface area contributed by atoms with Gasteiger partial charge in [-0.1, -0.05) is 19.4 Å². The molecule has 0 bridgehead atoms. The lowest BCUT2D eigenvalue weighted by Gasteiger charge is -2.28. The van der Waals surface area contributed by atoms with E-state index >= 15 is 0 Å². The minimum Gasteiger partial charge on any atom is -0.487 e. The zero-order chi connectivity index (χ0) is 23.2. The van der Waals surface area contributed by atoms with Gasteiger partial charge in [0.15, 0.2) is 5.78 Å². The van der Waals surface area contributed by atoms with Crippen LogP contribution in [0.15, 0.2) is 42.5 Å². The number of aryl methyl sites for hydroxylation is 1. The first kappa shape index (κ1) is 24.5. The monoisotopic (exact) mass is 423 g/mol. The third-order valence-electron chi connectivity index (χ3n) is 4.44. The Hall–Kier alpha value is -2.75. The quantitative estimate of drug-likeness (QED) is 0.369. The molecule has 0 fully saturated rings. The maximum Gasteiger partial charge on any atom is 0.185 e. The van der Waals surface area contributed by atoms with Crippen LogP contribution in [0.3, 0.4) is 0 Å². The predicted octanol–water partition coefficient (Wildman–Crippen LogP) is 6.93. The van der Waals surface area contributed by atoms with Crippen LogP contribution in [0.4, 0.5) is 5.69 Å². The second-order valence-electron chi connectivity index (χ2n) is 9.67. The van der Waals surface area contributed by atoms with Crippen molar-refractivity contribution in [1.29, 1.82) is 0 Å². The first-order valence-corrected chi connectivity index (χ1v) is 11.0. The number of rotatable bonds is 8. The van der Waals surface area contributed by atoms with E-state index in [0.717, 1.165) is 35.4 Å². The van der Waals surface area contributed by atoms with E-state index in [0.29, 0.717) is 11.3 Å². The molecule has 0 saturated carbocycles. The Balaban J connectivity index is 2.54. The second-order valence-corrected chi connectivity index (χ2v) is 9.67. The Labute approximate surface area is 187 Å². The number of allylic oxidation sites excluding steroid dienone is 1. The molecule has 0 atom stereocenters. The van der Waals surface area contributed by atoms with Crippen LogP contribution >= 0.6 is 0 Å². The third-order valence-corrected chi connectivity index (χ3v) is 4.44. The first-order valence-electron chi connectivity index (χ1n) is 11.0. The lowest BCUT2D eigenvalue weighted by Crippen LogP contribution is -2.26. The van der Waals surface area contributed by atoms with Gasteiger partial charge < -0.3 is 14.8 Å². The molecule has 0 aromatic heterocycles. The van der Waals surface area contributed by atoms with Crippen molar-refractivity contribution in [2.75, 3.05) is 12.4 Å². The molecule has 0 aliphatic carbocycles. The summed E-state index contributed by atoms with van der Waals surface area (Å²) in [6.45, 7) is 14.3. The number of anilines is 1. The highest BCUT2D eigenvalue weighted by Gasteiger charge is 2.22. The first-order chi connectivity index (χ1) is 14.4. The van der Waals surface area contributed by atoms with Crippen molar-refractivity contribution in [2.45, 2.75) is 72.5 Å². The van der Waals surface area contributed by atoms with Crippen LogP contribution in [0, 0.1) is 0 Å². The number of carbonyl (C=O) groups is 1. The standard InChI is InChI=1S/C27H37NO3/c1-9-10-20-13-18-24(30-26(2,3)4)22(25(20)31-27(5,6)7)16-17-23(29)19-11-14-21(28-8)15-12-19/h11-18,28H,9-10H2,1-8H3. The van der Waals surface area contributed by atoms with Crippen molar-refractivity contribution < 1.29 is 14.3 Å². The molecule has 0 amide bonds. The SMILES string of the molecule is CCCc1ccc(OC(C)(C)C)c(C=CC(=O)c2ccc(NC)cc2)c1OC(C)(C)C. The highest BCUT2D eigenvalue weighted by molar-refractivity contribution is 6.07. The van der Waals surface area contributed by atoms with E-state index in [-0.39, 0.29) is 17.0 Å². The number of hydrogen-bond acceptors (Lipinski definition) is 4. The Morgan fingerprint density at radius 3 is 2.06 bits per heavy atom. The van der Waals surface area contributed by atoms with Crippen LogP contribution < -0.4 is 14.8 Å². The summed E-state index contributed by atoms with van der Waals surface area (Å²) in [5, 5.41) is 3.07. The minimum atomic E-state index is -0.377. The molecule has 0 spiro atoms. The summed E-state index contributed by atoms with van der Waals surface area (Å²) >= 11 is 0. The Morgan fingerprint density at radius 1 is 0.935 bits per heavy atom. The molecule has 0 aliphatic heterocycles. The van der Waals surface area contributed by atoms with Gasteiger partial charge in [-0.25, -0.2) is 0 Å². The molecule has 0 aliphatic rings. The normalized spacial score (nSPS) is 12.1. The van der Waals surface area contributed by atoms with E-state index in [1.54, 1.807) is 6.08 Å². The van der Waals surface area contributed by atoms with Gasteiger partial charge in [0.05, 0.1) is 5.56 Å². The molecule has 2 aromatic rings. The molecule has 0 heterocycles. The maximum absolute atomic E-state index is 12.8. The number of ketones is 1. The van der Waals surface area contributed by atoms with Gasteiger partial charge in [-0.15, -0.1) is 0 Å². The van der Waals surface area contributed by atoms with E-state index < -0.39 is 0 Å². The van der Waals surface area contributed by atoms with Crippen molar-refractivity contribution in [3.8, 4) is 11.5 Å². The zero-order valence-corrected chi connectivity index (χ0v) is 20.3. The lowest BCUT2D eigenvalue weighted by atomic mass is 10.0. The Morgan fingerprint density at radius 2 is 1.55 bits per heavy atom. The number of nitrogens with one attached hydrogen (secondary N) is 1. The van der Waals surface area contributed by atoms with Crippen molar-refractivity contribution >= 4 is 17.5 Å². The molecule has 0 radical (unpaired) electrons. The average molecular weight is 424 g/mol. The van der Waals surface area contributed by atoms with E-state index in [1.807, 2.05) is 85.0 Å². The highest BCUT2D eigenvalue weighted by Crippen LogP contribution is 2.38. The average Bonchev–Trinajstić information content (AvgIpc) is 2.67. The van der Waals surface area contributed by atoms with Crippen molar-refractivity contribution in [1.82, 2.24) is 0 Å². The van der Waals surface area contributed by atoms with Crippen LogP contribution in [0.2, 0.25) is 0 Å². The third kappa shape index (κ3) is 7.46. The molecule has 4 heteroatoms. The van der Waals surface area contributed by atoms with Crippen LogP contribution in [0.25, 0.3) is 6.08 Å². The van der Waals surface area contributed by atoms with E-state index in [2.05, 4.69) is 18.3 Å². The summed E-state index contributed by atoms with van der Waals surface area (Å²) in [5.41, 5.74) is 2.77. The van der Waals surface area contributed by atoms with Gasteiger partial charge in [-0.3, -0.25) is 4.79 Å². The maximum atomic E-state index is 12.8. The fourth-order valence-corrected chi connectivity index (χ4v) is 3.15. The summed E-state index contributed by atoms with van der Waals surface area (Å²) in [6.07, 6.45) is 5.32. The molecule has 1 N–H and O–H groups in total. The van der Waals surface area contributed by atoms with Gasteiger partial charge in [0.25, 0.3) is 0 Å². The number of carbonyl (C=O) groups excluding carboxylic acids is 1. The van der Waals surface area contributed by atoms with E-state index in [9.17, 15) is 4.79 Å². The van der Waals surface area contributed by atoms with Crippen LogP contribution in [0.1, 0.15) is 76.4 Å². The molecule has 2 rings (SSSR count). The minimum absolute atomic E-state index is 0.0630. The Kier molecular flexibility index (Phi) is 7.94. The van der Waals surface area contributed by atoms with E-state index in [1.165, 1.54) is 0 Å². The van der Waals surface area contributed by atoms with E-state index in [4.69, 9.17) is 9.47 Å². The predicted molar refractivity (Wildman–Crippen MR) is 131 cm³/mol. The number of ether oxygens (including phenoxy) is 2. The molecule has 168 valence electrons. The Bertz CT molecular complexity index is 913. The van der Waals surface area contributed by atoms with Crippen LogP contribution in [-0.4, -0.2) is 24.0 Å². The summed E-state index contributed by atoms with van der Waals surface area (Å²) in [7, 11) is 1.85. The van der Waals surface area contributed by atoms with Crippen molar-refractivity contribution in [3.05, 3.63) is 59.2 Å². The van der Waals surface area contributed by atoms with Gasteiger partial charge in [-0.05, 0) is 96.0 Å². The largest absolute Gasteiger partial charge is 0.487 e. The second kappa shape index (κ2) is 10.0. The molecule has 2 aromatic carbocycles. The van der Waals surface area contributed by atoms with Gasteiger partial charge >= 0.3 is 0 Å². The van der Waals surface area contributed by atoms with Gasteiger partial charge in [0, 0.05) is 18.3 Å². The summed E-state index contributed by atoms with van der Waals surface area (Å²) in [6, 6.07) is 11.5. The van der Waals surface area contributed by atoms with Crippen LogP contribution in [0.5, 0.6) is 11.5 Å². The molecular weight excluding hydrogens is 386 g/mol. The van der Waals surface area contributed by atoms with Crippen molar-refractivity contribution in [3.63, 3.8) is 0 Å². The van der Waals surface area contributed by atoms with Crippen LogP contribution in [-0.2, 0) is 6.42 Å². The molecule has 4 nitrogen and oxygen atoms in total. The molecule has 31 heavy (non-hydrogen) atoms. The highest BCUT2D eigenvalue weighted by atomic mass is 16.5. The topological polar surface area (TPSA) is 47.6 Å².